The number of methoxy groups -OCH3 is 1. The Morgan fingerprint density at radius 1 is 1.23 bits per heavy atom. The lowest BCUT2D eigenvalue weighted by molar-refractivity contribution is -0.116. The predicted octanol–water partition coefficient (Wildman–Crippen LogP) is 3.76. The smallest absolute Gasteiger partial charge is 0.245 e. The van der Waals surface area contributed by atoms with Gasteiger partial charge in [-0.15, -0.1) is 0 Å². The first-order valence-electron chi connectivity index (χ1n) is 7.67. The zero-order valence-electron chi connectivity index (χ0n) is 14.2. The summed E-state index contributed by atoms with van der Waals surface area (Å²) in [4.78, 5) is 12.2. The predicted molar refractivity (Wildman–Crippen MR) is 105 cm³/mol. The third-order valence-electron chi connectivity index (χ3n) is 3.56. The van der Waals surface area contributed by atoms with Crippen molar-refractivity contribution in [2.75, 3.05) is 25.5 Å². The second kappa shape index (κ2) is 8.85. The minimum atomic E-state index is -3.90. The molecule has 0 atom stereocenters. The van der Waals surface area contributed by atoms with Crippen LogP contribution in [0.25, 0.3) is 0 Å². The van der Waals surface area contributed by atoms with Crippen LogP contribution in [0, 0.1) is 0 Å². The molecule has 6 nitrogen and oxygen atoms in total. The number of likely N-dealkylation sites (N-methyl/N-ethyl adjacent to an activating group) is 1. The SMILES string of the molecule is CCN(CC(=O)Nc1ccc(OC)cc1)S(=O)(=O)c1ccc(Br)cc1Cl. The van der Waals surface area contributed by atoms with Crippen molar-refractivity contribution in [1.82, 2.24) is 4.31 Å². The number of anilines is 1. The van der Waals surface area contributed by atoms with Gasteiger partial charge in [0.25, 0.3) is 0 Å². The molecule has 0 spiro atoms. The minimum absolute atomic E-state index is 0.0403. The summed E-state index contributed by atoms with van der Waals surface area (Å²) in [5, 5.41) is 2.76. The molecule has 0 aliphatic carbocycles. The van der Waals surface area contributed by atoms with E-state index in [0.717, 1.165) is 4.31 Å². The number of rotatable bonds is 7. The van der Waals surface area contributed by atoms with Crippen LogP contribution < -0.4 is 10.1 Å². The van der Waals surface area contributed by atoms with Gasteiger partial charge >= 0.3 is 0 Å². The lowest BCUT2D eigenvalue weighted by Gasteiger charge is -2.20. The minimum Gasteiger partial charge on any atom is -0.497 e. The molecule has 0 aliphatic rings. The molecule has 2 aromatic carbocycles. The van der Waals surface area contributed by atoms with Crippen molar-refractivity contribution in [1.29, 1.82) is 0 Å². The summed E-state index contributed by atoms with van der Waals surface area (Å²) in [5.41, 5.74) is 0.547. The molecule has 0 heterocycles. The summed E-state index contributed by atoms with van der Waals surface area (Å²) < 4.78 is 32.4. The van der Waals surface area contributed by atoms with E-state index in [1.165, 1.54) is 12.1 Å². The molecule has 0 aromatic heterocycles. The molecule has 0 aliphatic heterocycles. The van der Waals surface area contributed by atoms with Crippen LogP contribution in [0.2, 0.25) is 5.02 Å². The third kappa shape index (κ3) is 4.97. The Labute approximate surface area is 166 Å². The summed E-state index contributed by atoms with van der Waals surface area (Å²) in [6.45, 7) is 1.47. The Balaban J connectivity index is 2.15. The normalized spacial score (nSPS) is 11.4. The lowest BCUT2D eigenvalue weighted by Crippen LogP contribution is -2.38. The molecule has 140 valence electrons. The van der Waals surface area contributed by atoms with Gasteiger partial charge in [0.1, 0.15) is 10.6 Å². The van der Waals surface area contributed by atoms with Crippen LogP contribution in [-0.2, 0) is 14.8 Å². The van der Waals surface area contributed by atoms with E-state index in [4.69, 9.17) is 16.3 Å². The maximum atomic E-state index is 12.8. The van der Waals surface area contributed by atoms with E-state index in [0.29, 0.717) is 15.9 Å². The van der Waals surface area contributed by atoms with Crippen LogP contribution in [0.1, 0.15) is 6.92 Å². The van der Waals surface area contributed by atoms with Crippen LogP contribution in [-0.4, -0.2) is 38.8 Å². The number of carbonyl (C=O) groups excluding carboxylic acids is 1. The fourth-order valence-electron chi connectivity index (χ4n) is 2.23. The summed E-state index contributed by atoms with van der Waals surface area (Å²) in [6, 6.07) is 11.2. The van der Waals surface area contributed by atoms with Gasteiger partial charge in [0.05, 0.1) is 18.7 Å². The number of hydrogen-bond donors (Lipinski definition) is 1. The number of sulfonamides is 1. The number of ether oxygens (including phenoxy) is 1. The standard InChI is InChI=1S/C17H18BrClN2O4S/c1-3-21(26(23,24)16-9-4-12(18)10-15(16)19)11-17(22)20-13-5-7-14(25-2)8-6-13/h4-10H,3,11H2,1-2H3,(H,20,22). The number of amides is 1. The highest BCUT2D eigenvalue weighted by Gasteiger charge is 2.27. The van der Waals surface area contributed by atoms with Crippen molar-refractivity contribution in [3.05, 3.63) is 52.0 Å². The van der Waals surface area contributed by atoms with Gasteiger partial charge < -0.3 is 10.1 Å². The van der Waals surface area contributed by atoms with Crippen LogP contribution in [0.3, 0.4) is 0 Å². The van der Waals surface area contributed by atoms with E-state index in [2.05, 4.69) is 21.2 Å². The third-order valence-corrected chi connectivity index (χ3v) is 6.46. The van der Waals surface area contributed by atoms with Crippen molar-refractivity contribution < 1.29 is 17.9 Å². The highest BCUT2D eigenvalue weighted by molar-refractivity contribution is 9.10. The molecule has 1 N–H and O–H groups in total. The molecule has 1 amide bonds. The molecule has 2 aromatic rings. The van der Waals surface area contributed by atoms with Crippen LogP contribution in [0.4, 0.5) is 5.69 Å². The zero-order chi connectivity index (χ0) is 19.3. The summed E-state index contributed by atoms with van der Waals surface area (Å²) >= 11 is 9.30. The van der Waals surface area contributed by atoms with Gasteiger partial charge in [0.15, 0.2) is 0 Å². The van der Waals surface area contributed by atoms with E-state index in [1.54, 1.807) is 44.4 Å². The van der Waals surface area contributed by atoms with E-state index in [-0.39, 0.29) is 23.0 Å². The van der Waals surface area contributed by atoms with Gasteiger partial charge in [-0.1, -0.05) is 34.5 Å². The number of halogens is 2. The monoisotopic (exact) mass is 460 g/mol. The summed E-state index contributed by atoms with van der Waals surface area (Å²) in [7, 11) is -2.35. The molecule has 0 fully saturated rings. The zero-order valence-corrected chi connectivity index (χ0v) is 17.4. The first-order valence-corrected chi connectivity index (χ1v) is 10.3. The van der Waals surface area contributed by atoms with Crippen molar-refractivity contribution in [3.63, 3.8) is 0 Å². The first kappa shape index (κ1) is 20.7. The molecule has 26 heavy (non-hydrogen) atoms. The fourth-order valence-corrected chi connectivity index (χ4v) is 4.64. The molecule has 0 unspecified atom stereocenters. The molecule has 9 heteroatoms. The summed E-state index contributed by atoms with van der Waals surface area (Å²) in [6.07, 6.45) is 0. The van der Waals surface area contributed by atoms with E-state index in [9.17, 15) is 13.2 Å². The average Bonchev–Trinajstić information content (AvgIpc) is 2.59. The number of benzene rings is 2. The van der Waals surface area contributed by atoms with Crippen LogP contribution in [0.5, 0.6) is 5.75 Å². The second-order valence-corrected chi connectivity index (χ2v) is 8.51. The van der Waals surface area contributed by atoms with Crippen molar-refractivity contribution in [3.8, 4) is 5.75 Å². The molecule has 2 rings (SSSR count). The van der Waals surface area contributed by atoms with Gasteiger partial charge in [-0.2, -0.15) is 4.31 Å². The lowest BCUT2D eigenvalue weighted by atomic mass is 10.3. The van der Waals surface area contributed by atoms with Crippen molar-refractivity contribution in [2.24, 2.45) is 0 Å². The van der Waals surface area contributed by atoms with E-state index < -0.39 is 15.9 Å². The topological polar surface area (TPSA) is 75.7 Å². The largest absolute Gasteiger partial charge is 0.497 e. The second-order valence-electron chi connectivity index (χ2n) is 5.28. The Kier molecular flexibility index (Phi) is 7.05. The quantitative estimate of drug-likeness (QED) is 0.681. The first-order chi connectivity index (χ1) is 12.3. The Morgan fingerprint density at radius 2 is 1.88 bits per heavy atom. The molecule has 0 saturated carbocycles. The Morgan fingerprint density at radius 3 is 2.42 bits per heavy atom. The van der Waals surface area contributed by atoms with Crippen LogP contribution in [0.15, 0.2) is 51.8 Å². The molecule has 0 radical (unpaired) electrons. The van der Waals surface area contributed by atoms with Crippen LogP contribution >= 0.6 is 27.5 Å². The van der Waals surface area contributed by atoms with E-state index >= 15 is 0 Å². The van der Waals surface area contributed by atoms with E-state index in [1.807, 2.05) is 0 Å². The molecular formula is C17H18BrClN2O4S. The van der Waals surface area contributed by atoms with Gasteiger partial charge in [-0.05, 0) is 42.5 Å². The fraction of sp³-hybridized carbons (Fsp3) is 0.235. The molecular weight excluding hydrogens is 444 g/mol. The van der Waals surface area contributed by atoms with Gasteiger partial charge in [0, 0.05) is 16.7 Å². The number of carbonyl (C=O) groups is 1. The molecule has 0 saturated heterocycles. The number of nitrogens with zero attached hydrogens (tertiary/aromatic N) is 1. The van der Waals surface area contributed by atoms with Gasteiger partial charge in [0.2, 0.25) is 15.9 Å². The Hall–Kier alpha value is -1.61. The average molecular weight is 462 g/mol. The number of nitrogens with one attached hydrogen (secondary N) is 1. The highest BCUT2D eigenvalue weighted by atomic mass is 79.9. The molecule has 0 bridgehead atoms. The van der Waals surface area contributed by atoms with Gasteiger partial charge in [-0.25, -0.2) is 8.42 Å². The summed E-state index contributed by atoms with van der Waals surface area (Å²) in [5.74, 6) is 0.208. The van der Waals surface area contributed by atoms with Crippen molar-refractivity contribution in [2.45, 2.75) is 11.8 Å². The Bertz CT molecular complexity index is 888. The highest BCUT2D eigenvalue weighted by Crippen LogP contribution is 2.27. The number of hydrogen-bond acceptors (Lipinski definition) is 4. The maximum Gasteiger partial charge on any atom is 0.245 e. The maximum absolute atomic E-state index is 12.8. The van der Waals surface area contributed by atoms with Crippen molar-refractivity contribution >= 4 is 49.1 Å². The van der Waals surface area contributed by atoms with Gasteiger partial charge in [-0.3, -0.25) is 4.79 Å².